The zero-order valence-electron chi connectivity index (χ0n) is 15.9. The second-order valence-electron chi connectivity index (χ2n) is 6.69. The molecular formula is C21H22N6O2. The summed E-state index contributed by atoms with van der Waals surface area (Å²) < 4.78 is 10.8. The Morgan fingerprint density at radius 2 is 1.97 bits per heavy atom. The summed E-state index contributed by atoms with van der Waals surface area (Å²) in [6.45, 7) is 1.47. The summed E-state index contributed by atoms with van der Waals surface area (Å²) >= 11 is 0. The second kappa shape index (κ2) is 8.66. The zero-order valence-corrected chi connectivity index (χ0v) is 15.9. The van der Waals surface area contributed by atoms with Gasteiger partial charge in [-0.3, -0.25) is 4.99 Å². The normalized spacial score (nSPS) is 15.8. The van der Waals surface area contributed by atoms with Crippen LogP contribution < -0.4 is 11.5 Å². The summed E-state index contributed by atoms with van der Waals surface area (Å²) in [4.78, 5) is 13.4. The minimum absolute atomic E-state index is 0.241. The van der Waals surface area contributed by atoms with E-state index >= 15 is 0 Å². The van der Waals surface area contributed by atoms with Gasteiger partial charge in [-0.05, 0) is 31.0 Å². The quantitative estimate of drug-likeness (QED) is 0.642. The minimum Gasteiger partial charge on any atom is -0.404 e. The summed E-state index contributed by atoms with van der Waals surface area (Å²) in [6, 6.07) is 11.6. The number of pyridine rings is 1. The molecule has 0 saturated carbocycles. The van der Waals surface area contributed by atoms with Gasteiger partial charge >= 0.3 is 0 Å². The van der Waals surface area contributed by atoms with E-state index < -0.39 is 0 Å². The third kappa shape index (κ3) is 4.33. The van der Waals surface area contributed by atoms with Crippen LogP contribution in [0.3, 0.4) is 0 Å². The van der Waals surface area contributed by atoms with Crippen molar-refractivity contribution in [3.05, 3.63) is 54.4 Å². The maximum atomic E-state index is 6.07. The Bertz CT molecular complexity index is 1020. The molecule has 3 aromatic rings. The topological polar surface area (TPSA) is 125 Å². The average molecular weight is 390 g/mol. The lowest BCUT2D eigenvalue weighted by molar-refractivity contribution is 0.0872. The Balaban J connectivity index is 1.60. The van der Waals surface area contributed by atoms with Crippen LogP contribution in [0.25, 0.3) is 28.4 Å². The summed E-state index contributed by atoms with van der Waals surface area (Å²) in [7, 11) is 0. The maximum absolute atomic E-state index is 6.07. The standard InChI is InChI=1S/C21H22N6O2/c22-11-16(13-24-17-6-8-28-9-7-17)15-10-18(19(23)25-12-15)20-26-21(29-27-20)14-4-2-1-3-5-14/h1-5,10-13,17H,6-9,22H2,(H2,23,25). The molecule has 1 saturated heterocycles. The van der Waals surface area contributed by atoms with E-state index in [2.05, 4.69) is 20.1 Å². The van der Waals surface area contributed by atoms with E-state index in [0.717, 1.165) is 42.8 Å². The lowest BCUT2D eigenvalue weighted by atomic mass is 10.1. The number of rotatable bonds is 5. The van der Waals surface area contributed by atoms with Gasteiger partial charge in [0, 0.05) is 48.5 Å². The molecule has 0 bridgehead atoms. The van der Waals surface area contributed by atoms with Crippen molar-refractivity contribution in [3.63, 3.8) is 0 Å². The van der Waals surface area contributed by atoms with Crippen molar-refractivity contribution in [2.75, 3.05) is 18.9 Å². The summed E-state index contributed by atoms with van der Waals surface area (Å²) in [5.41, 5.74) is 14.8. The van der Waals surface area contributed by atoms with E-state index in [1.165, 1.54) is 6.20 Å². The van der Waals surface area contributed by atoms with Crippen molar-refractivity contribution < 1.29 is 9.26 Å². The molecule has 0 unspecified atom stereocenters. The highest BCUT2D eigenvalue weighted by molar-refractivity contribution is 6.10. The smallest absolute Gasteiger partial charge is 0.258 e. The number of hydrogen-bond acceptors (Lipinski definition) is 8. The predicted octanol–water partition coefficient (Wildman–Crippen LogP) is 2.93. The first-order valence-corrected chi connectivity index (χ1v) is 9.43. The van der Waals surface area contributed by atoms with Gasteiger partial charge in [0.2, 0.25) is 5.82 Å². The summed E-state index contributed by atoms with van der Waals surface area (Å²) in [5.74, 6) is 1.10. The highest BCUT2D eigenvalue weighted by atomic mass is 16.5. The zero-order chi connectivity index (χ0) is 20.1. The van der Waals surface area contributed by atoms with Gasteiger partial charge in [0.25, 0.3) is 5.89 Å². The largest absolute Gasteiger partial charge is 0.404 e. The Morgan fingerprint density at radius 1 is 1.17 bits per heavy atom. The molecule has 1 aromatic carbocycles. The van der Waals surface area contributed by atoms with E-state index in [0.29, 0.717) is 23.1 Å². The van der Waals surface area contributed by atoms with Gasteiger partial charge in [-0.1, -0.05) is 23.4 Å². The molecule has 148 valence electrons. The van der Waals surface area contributed by atoms with Crippen molar-refractivity contribution in [1.82, 2.24) is 15.1 Å². The predicted molar refractivity (Wildman–Crippen MR) is 112 cm³/mol. The van der Waals surface area contributed by atoms with Crippen LogP contribution in [0.4, 0.5) is 5.82 Å². The fraction of sp³-hybridized carbons (Fsp3) is 0.238. The third-order valence-electron chi connectivity index (χ3n) is 4.73. The lowest BCUT2D eigenvalue weighted by Gasteiger charge is -2.18. The molecule has 1 aliphatic heterocycles. The Labute approximate surface area is 168 Å². The van der Waals surface area contributed by atoms with Gasteiger partial charge < -0.3 is 20.7 Å². The van der Waals surface area contributed by atoms with Crippen molar-refractivity contribution in [2.45, 2.75) is 18.9 Å². The fourth-order valence-electron chi connectivity index (χ4n) is 3.08. The molecule has 8 nitrogen and oxygen atoms in total. The summed E-state index contributed by atoms with van der Waals surface area (Å²) in [6.07, 6.45) is 6.76. The van der Waals surface area contributed by atoms with E-state index in [-0.39, 0.29) is 6.04 Å². The molecule has 4 rings (SSSR count). The van der Waals surface area contributed by atoms with Crippen molar-refractivity contribution >= 4 is 17.6 Å². The van der Waals surface area contributed by atoms with Crippen LogP contribution >= 0.6 is 0 Å². The molecule has 29 heavy (non-hydrogen) atoms. The SMILES string of the molecule is NC=C(C=NC1CCOCC1)c1cnc(N)c(-c2noc(-c3ccccc3)n2)c1. The monoisotopic (exact) mass is 390 g/mol. The molecule has 4 N–H and O–H groups in total. The van der Waals surface area contributed by atoms with Crippen molar-refractivity contribution in [2.24, 2.45) is 10.7 Å². The maximum Gasteiger partial charge on any atom is 0.258 e. The number of aromatic nitrogens is 3. The lowest BCUT2D eigenvalue weighted by Crippen LogP contribution is -2.18. The number of nitrogen functional groups attached to an aromatic ring is 1. The number of anilines is 1. The number of ether oxygens (including phenoxy) is 1. The highest BCUT2D eigenvalue weighted by Gasteiger charge is 2.16. The average Bonchev–Trinajstić information content (AvgIpc) is 3.26. The third-order valence-corrected chi connectivity index (χ3v) is 4.73. The molecule has 1 aliphatic rings. The molecule has 0 radical (unpaired) electrons. The van der Waals surface area contributed by atoms with E-state index in [9.17, 15) is 0 Å². The molecule has 2 aromatic heterocycles. The van der Waals surface area contributed by atoms with Gasteiger partial charge in [-0.2, -0.15) is 4.98 Å². The van der Waals surface area contributed by atoms with Crippen molar-refractivity contribution in [1.29, 1.82) is 0 Å². The van der Waals surface area contributed by atoms with Crippen LogP contribution in [0.15, 0.2) is 58.3 Å². The molecule has 1 fully saturated rings. The Kier molecular flexibility index (Phi) is 5.62. The number of nitrogens with two attached hydrogens (primary N) is 2. The first-order valence-electron chi connectivity index (χ1n) is 9.43. The van der Waals surface area contributed by atoms with Crippen LogP contribution in [0.2, 0.25) is 0 Å². The van der Waals surface area contributed by atoms with Gasteiger partial charge in [0.1, 0.15) is 5.82 Å². The molecule has 0 spiro atoms. The van der Waals surface area contributed by atoms with E-state index in [4.69, 9.17) is 20.7 Å². The number of benzene rings is 1. The van der Waals surface area contributed by atoms with Gasteiger partial charge in [0.15, 0.2) is 0 Å². The van der Waals surface area contributed by atoms with Crippen LogP contribution in [0, 0.1) is 0 Å². The number of nitrogens with zero attached hydrogens (tertiary/aromatic N) is 4. The van der Waals surface area contributed by atoms with Crippen LogP contribution in [0.1, 0.15) is 18.4 Å². The van der Waals surface area contributed by atoms with Crippen molar-refractivity contribution in [3.8, 4) is 22.8 Å². The van der Waals surface area contributed by atoms with Gasteiger partial charge in [-0.15, -0.1) is 0 Å². The van der Waals surface area contributed by atoms with Gasteiger partial charge in [0.05, 0.1) is 11.6 Å². The number of allylic oxidation sites excluding steroid dienone is 1. The van der Waals surface area contributed by atoms with Gasteiger partial charge in [-0.25, -0.2) is 4.98 Å². The number of hydrogen-bond donors (Lipinski definition) is 2. The highest BCUT2D eigenvalue weighted by Crippen LogP contribution is 2.27. The number of aliphatic imine (C=N–C) groups is 1. The molecule has 3 heterocycles. The van der Waals surface area contributed by atoms with Crippen LogP contribution in [-0.4, -0.2) is 40.6 Å². The molecule has 8 heteroatoms. The molecular weight excluding hydrogens is 368 g/mol. The van der Waals surface area contributed by atoms with Crippen LogP contribution in [0.5, 0.6) is 0 Å². The molecule has 0 atom stereocenters. The van der Waals surface area contributed by atoms with E-state index in [1.807, 2.05) is 36.4 Å². The first-order chi connectivity index (χ1) is 14.2. The van der Waals surface area contributed by atoms with Crippen LogP contribution in [-0.2, 0) is 4.74 Å². The fourth-order valence-corrected chi connectivity index (χ4v) is 3.08. The molecule has 0 aliphatic carbocycles. The summed E-state index contributed by atoms with van der Waals surface area (Å²) in [5, 5.41) is 4.06. The Morgan fingerprint density at radius 3 is 2.72 bits per heavy atom. The molecule has 0 amide bonds. The van der Waals surface area contributed by atoms with E-state index in [1.54, 1.807) is 12.4 Å². The minimum atomic E-state index is 0.241. The first kappa shape index (κ1) is 18.8. The Hall–Kier alpha value is -3.52. The second-order valence-corrected chi connectivity index (χ2v) is 6.69.